The Balaban J connectivity index is 1.15. The first-order valence-electron chi connectivity index (χ1n) is 12.4. The van der Waals surface area contributed by atoms with Crippen molar-refractivity contribution < 1.29 is 22.8 Å². The van der Waals surface area contributed by atoms with Crippen molar-refractivity contribution in [1.29, 1.82) is 0 Å². The molecule has 37 heavy (non-hydrogen) atoms. The zero-order valence-corrected chi connectivity index (χ0v) is 21.2. The summed E-state index contributed by atoms with van der Waals surface area (Å²) in [5.41, 5.74) is 2.17. The number of carbonyl (C=O) groups is 2. The number of benzene rings is 1. The number of aryl methyl sites for hydroxylation is 2. The van der Waals surface area contributed by atoms with E-state index in [2.05, 4.69) is 27.5 Å². The second kappa shape index (κ2) is 10.3. The van der Waals surface area contributed by atoms with Crippen molar-refractivity contribution in [2.45, 2.75) is 63.7 Å². The second-order valence-electron chi connectivity index (χ2n) is 9.67. The van der Waals surface area contributed by atoms with E-state index in [1.165, 1.54) is 29.4 Å². The molecule has 1 saturated heterocycles. The van der Waals surface area contributed by atoms with Gasteiger partial charge in [-0.3, -0.25) is 14.3 Å². The fraction of sp³-hybridized carbons (Fsp3) is 0.462. The molecule has 11 heteroatoms. The molecule has 1 aliphatic carbocycles. The number of aromatic nitrogens is 3. The van der Waals surface area contributed by atoms with Crippen LogP contribution in [-0.2, 0) is 23.9 Å². The van der Waals surface area contributed by atoms with Crippen LogP contribution in [0.5, 0.6) is 0 Å². The maximum absolute atomic E-state index is 12.9. The molecular formula is C26H28F3N5O2S. The molecule has 196 valence electrons. The second-order valence-corrected chi connectivity index (χ2v) is 10.6. The summed E-state index contributed by atoms with van der Waals surface area (Å²) < 4.78 is 39.8. The van der Waals surface area contributed by atoms with Crippen LogP contribution in [0, 0.1) is 6.92 Å². The van der Waals surface area contributed by atoms with Gasteiger partial charge in [-0.25, -0.2) is 4.98 Å². The Bertz CT molecular complexity index is 1290. The lowest BCUT2D eigenvalue weighted by Crippen LogP contribution is -2.40. The molecule has 3 aromatic rings. The lowest BCUT2D eigenvalue weighted by molar-refractivity contribution is -0.142. The van der Waals surface area contributed by atoms with Crippen LogP contribution in [-0.4, -0.2) is 44.6 Å². The zero-order valence-electron chi connectivity index (χ0n) is 20.4. The molecular weight excluding hydrogens is 503 g/mol. The van der Waals surface area contributed by atoms with E-state index in [0.717, 1.165) is 35.0 Å². The van der Waals surface area contributed by atoms with Crippen molar-refractivity contribution in [2.24, 2.45) is 0 Å². The molecule has 2 amide bonds. The van der Waals surface area contributed by atoms with Crippen LogP contribution in [0.4, 0.5) is 13.2 Å². The summed E-state index contributed by atoms with van der Waals surface area (Å²) in [7, 11) is 0. The quantitative estimate of drug-likeness (QED) is 0.509. The first-order valence-corrected chi connectivity index (χ1v) is 13.3. The highest BCUT2D eigenvalue weighted by Gasteiger charge is 2.35. The third-order valence-electron chi connectivity index (χ3n) is 7.18. The number of nitrogens with zero attached hydrogens (tertiary/aromatic N) is 4. The molecule has 3 heterocycles. The van der Waals surface area contributed by atoms with E-state index in [9.17, 15) is 22.8 Å². The largest absolute Gasteiger partial charge is 0.435 e. The Morgan fingerprint density at radius 3 is 2.65 bits per heavy atom. The number of carbonyl (C=O) groups excluding carboxylic acids is 2. The zero-order chi connectivity index (χ0) is 26.2. The highest BCUT2D eigenvalue weighted by molar-refractivity contribution is 7.09. The predicted octanol–water partition coefficient (Wildman–Crippen LogP) is 4.88. The Kier molecular flexibility index (Phi) is 7.06. The van der Waals surface area contributed by atoms with Crippen LogP contribution in [0.2, 0.25) is 0 Å². The van der Waals surface area contributed by atoms with Gasteiger partial charge in [-0.2, -0.15) is 18.3 Å². The number of hydrogen-bond donors (Lipinski definition) is 1. The molecule has 1 aliphatic heterocycles. The standard InChI is InChI=1S/C26H28F3N5O2S/c1-16-13-22(26(27,28)29)32-34(16)14-23(35)33-11-9-18(10-12-33)25-31-21(15-37-25)24(36)30-20-8-4-6-17-5-2-3-7-19(17)20/h2-3,5,7,13,15,18,20H,4,6,8-12,14H2,1H3,(H,30,36)/t20-/m0/s1. The van der Waals surface area contributed by atoms with E-state index < -0.39 is 11.9 Å². The van der Waals surface area contributed by atoms with E-state index in [1.807, 2.05) is 12.1 Å². The first-order chi connectivity index (χ1) is 17.7. The summed E-state index contributed by atoms with van der Waals surface area (Å²) in [6.45, 7) is 2.25. The van der Waals surface area contributed by atoms with Gasteiger partial charge in [0.2, 0.25) is 5.91 Å². The van der Waals surface area contributed by atoms with Gasteiger partial charge < -0.3 is 10.2 Å². The number of halogens is 3. The lowest BCUT2D eigenvalue weighted by atomic mass is 9.88. The van der Waals surface area contributed by atoms with Gasteiger partial charge in [0.05, 0.1) is 11.0 Å². The third-order valence-corrected chi connectivity index (χ3v) is 8.19. The van der Waals surface area contributed by atoms with Crippen molar-refractivity contribution >= 4 is 23.2 Å². The molecule has 1 aromatic carbocycles. The van der Waals surface area contributed by atoms with Crippen molar-refractivity contribution in [3.05, 3.63) is 68.9 Å². The van der Waals surface area contributed by atoms with Gasteiger partial charge in [0.1, 0.15) is 12.2 Å². The number of likely N-dealkylation sites (tertiary alicyclic amines) is 1. The summed E-state index contributed by atoms with van der Waals surface area (Å²) in [5, 5.41) is 9.35. The molecule has 0 unspecified atom stereocenters. The Morgan fingerprint density at radius 2 is 1.92 bits per heavy atom. The summed E-state index contributed by atoms with van der Waals surface area (Å²) >= 11 is 1.46. The number of hydrogen-bond acceptors (Lipinski definition) is 5. The van der Waals surface area contributed by atoms with Crippen molar-refractivity contribution in [2.75, 3.05) is 13.1 Å². The number of piperidine rings is 1. The molecule has 0 radical (unpaired) electrons. The van der Waals surface area contributed by atoms with Crippen LogP contribution in [0.25, 0.3) is 0 Å². The van der Waals surface area contributed by atoms with Crippen LogP contribution >= 0.6 is 11.3 Å². The van der Waals surface area contributed by atoms with Gasteiger partial charge in [-0.1, -0.05) is 24.3 Å². The highest BCUT2D eigenvalue weighted by atomic mass is 32.1. The van der Waals surface area contributed by atoms with E-state index >= 15 is 0 Å². The summed E-state index contributed by atoms with van der Waals surface area (Å²) in [4.78, 5) is 31.9. The number of nitrogens with one attached hydrogen (secondary N) is 1. The average Bonchev–Trinajstić information content (AvgIpc) is 3.52. The molecule has 1 N–H and O–H groups in total. The molecule has 5 rings (SSSR count). The normalized spacial score (nSPS) is 18.5. The minimum atomic E-state index is -4.54. The van der Waals surface area contributed by atoms with Crippen molar-refractivity contribution in [3.8, 4) is 0 Å². The molecule has 7 nitrogen and oxygen atoms in total. The lowest BCUT2D eigenvalue weighted by Gasteiger charge is -2.31. The predicted molar refractivity (Wildman–Crippen MR) is 132 cm³/mol. The van der Waals surface area contributed by atoms with Crippen molar-refractivity contribution in [1.82, 2.24) is 25.0 Å². The van der Waals surface area contributed by atoms with Gasteiger partial charge in [-0.05, 0) is 56.2 Å². The van der Waals surface area contributed by atoms with Gasteiger partial charge in [0, 0.05) is 30.1 Å². The number of rotatable bonds is 5. The van der Waals surface area contributed by atoms with Gasteiger partial charge in [0.15, 0.2) is 5.69 Å². The number of fused-ring (bicyclic) bond motifs is 1. The monoisotopic (exact) mass is 531 g/mol. The van der Waals surface area contributed by atoms with Crippen LogP contribution < -0.4 is 5.32 Å². The molecule has 2 aliphatic rings. The fourth-order valence-electron chi connectivity index (χ4n) is 5.13. The Hall–Kier alpha value is -3.21. The maximum Gasteiger partial charge on any atom is 0.435 e. The van der Waals surface area contributed by atoms with Gasteiger partial charge >= 0.3 is 6.18 Å². The topological polar surface area (TPSA) is 80.1 Å². The van der Waals surface area contributed by atoms with Crippen LogP contribution in [0.3, 0.4) is 0 Å². The molecule has 0 spiro atoms. The highest BCUT2D eigenvalue weighted by Crippen LogP contribution is 2.33. The third kappa shape index (κ3) is 5.56. The Morgan fingerprint density at radius 1 is 1.16 bits per heavy atom. The Labute approximate surface area is 216 Å². The average molecular weight is 532 g/mol. The van der Waals surface area contributed by atoms with Crippen LogP contribution in [0.1, 0.15) is 75.7 Å². The number of amides is 2. The van der Waals surface area contributed by atoms with Gasteiger partial charge in [-0.15, -0.1) is 11.3 Å². The SMILES string of the molecule is Cc1cc(C(F)(F)F)nn1CC(=O)N1CCC(c2nc(C(=O)N[C@H]3CCCc4ccccc43)cs2)CC1. The summed E-state index contributed by atoms with van der Waals surface area (Å²) in [6.07, 6.45) is -0.209. The van der Waals surface area contributed by atoms with E-state index in [1.54, 1.807) is 10.3 Å². The summed E-state index contributed by atoms with van der Waals surface area (Å²) in [6, 6.07) is 9.14. The first kappa shape index (κ1) is 25.4. The molecule has 2 aromatic heterocycles. The smallest absolute Gasteiger partial charge is 0.344 e. The van der Waals surface area contributed by atoms with Crippen LogP contribution in [0.15, 0.2) is 35.7 Å². The molecule has 1 fully saturated rings. The van der Waals surface area contributed by atoms with E-state index in [-0.39, 0.29) is 30.3 Å². The van der Waals surface area contributed by atoms with Gasteiger partial charge in [0.25, 0.3) is 5.91 Å². The minimum absolute atomic E-state index is 0.0116. The molecule has 0 bridgehead atoms. The number of thiazole rings is 1. The van der Waals surface area contributed by atoms with E-state index in [4.69, 9.17) is 0 Å². The summed E-state index contributed by atoms with van der Waals surface area (Å²) in [5.74, 6) is -0.302. The molecule has 1 atom stereocenters. The fourth-order valence-corrected chi connectivity index (χ4v) is 6.10. The van der Waals surface area contributed by atoms with E-state index in [0.29, 0.717) is 37.3 Å². The minimum Gasteiger partial charge on any atom is -0.344 e. The maximum atomic E-state index is 12.9. The molecule has 0 saturated carbocycles. The number of alkyl halides is 3. The van der Waals surface area contributed by atoms with Crippen molar-refractivity contribution in [3.63, 3.8) is 0 Å².